The maximum atomic E-state index is 12.0. The lowest BCUT2D eigenvalue weighted by atomic mass is 9.81. The molecule has 5 nitrogen and oxygen atoms in total. The third-order valence-electron chi connectivity index (χ3n) is 4.38. The highest BCUT2D eigenvalue weighted by atomic mass is 32.1. The number of aryl methyl sites for hydroxylation is 1. The largest absolute Gasteiger partial charge is 0.465 e. The number of ether oxygens (including phenoxy) is 2. The topological polar surface area (TPSA) is 68.7 Å². The van der Waals surface area contributed by atoms with Crippen molar-refractivity contribution in [1.29, 1.82) is 0 Å². The Bertz CT molecular complexity index is 734. The Balaban J connectivity index is 2.00. The molecule has 1 unspecified atom stereocenters. The van der Waals surface area contributed by atoms with Crippen LogP contribution in [0.15, 0.2) is 24.4 Å². The van der Waals surface area contributed by atoms with Gasteiger partial charge in [0.2, 0.25) is 0 Å². The van der Waals surface area contributed by atoms with Gasteiger partial charge in [-0.25, -0.2) is 9.78 Å². The van der Waals surface area contributed by atoms with Crippen LogP contribution in [0, 0.1) is 12.3 Å². The number of aromatic nitrogens is 1. The number of esters is 1. The molecule has 1 fully saturated rings. The summed E-state index contributed by atoms with van der Waals surface area (Å²) < 4.78 is 10.4. The summed E-state index contributed by atoms with van der Waals surface area (Å²) in [5, 5.41) is 10.7. The molecule has 128 valence electrons. The summed E-state index contributed by atoms with van der Waals surface area (Å²) in [6, 6.07) is 5.69. The summed E-state index contributed by atoms with van der Waals surface area (Å²) >= 11 is 1.59. The molecule has 24 heavy (non-hydrogen) atoms. The number of aliphatic hydroxyl groups is 1. The quantitative estimate of drug-likeness (QED) is 0.843. The second kappa shape index (κ2) is 7.01. The van der Waals surface area contributed by atoms with Crippen LogP contribution in [-0.2, 0) is 15.9 Å². The van der Waals surface area contributed by atoms with Gasteiger partial charge in [0.05, 0.1) is 25.9 Å². The summed E-state index contributed by atoms with van der Waals surface area (Å²) in [6.07, 6.45) is 3.30. The van der Waals surface area contributed by atoms with E-state index in [0.29, 0.717) is 25.2 Å². The lowest BCUT2D eigenvalue weighted by Gasteiger charge is -2.25. The first-order valence-corrected chi connectivity index (χ1v) is 8.71. The van der Waals surface area contributed by atoms with Crippen LogP contribution in [0.4, 0.5) is 0 Å². The Labute approximate surface area is 145 Å². The molecular formula is C18H21NO4S. The molecule has 1 aromatic carbocycles. The molecule has 0 radical (unpaired) electrons. The number of thiazole rings is 1. The maximum Gasteiger partial charge on any atom is 0.337 e. The summed E-state index contributed by atoms with van der Waals surface area (Å²) in [5.74, 6) is -0.368. The van der Waals surface area contributed by atoms with Crippen molar-refractivity contribution in [2.24, 2.45) is 5.41 Å². The van der Waals surface area contributed by atoms with Gasteiger partial charge in [0.25, 0.3) is 0 Å². The van der Waals surface area contributed by atoms with E-state index in [2.05, 4.69) is 4.98 Å². The lowest BCUT2D eigenvalue weighted by Crippen LogP contribution is -2.28. The molecule has 0 aliphatic carbocycles. The van der Waals surface area contributed by atoms with E-state index in [9.17, 15) is 9.90 Å². The number of nitrogens with zero attached hydrogens (tertiary/aromatic N) is 1. The van der Waals surface area contributed by atoms with E-state index in [1.807, 2.05) is 31.3 Å². The molecule has 0 amide bonds. The van der Waals surface area contributed by atoms with E-state index in [-0.39, 0.29) is 18.0 Å². The second-order valence-electron chi connectivity index (χ2n) is 6.32. The molecule has 3 rings (SSSR count). The van der Waals surface area contributed by atoms with Crippen LogP contribution in [-0.4, -0.2) is 43.0 Å². The van der Waals surface area contributed by atoms with Gasteiger partial charge in [-0.2, -0.15) is 0 Å². The fourth-order valence-corrected chi connectivity index (χ4v) is 3.80. The summed E-state index contributed by atoms with van der Waals surface area (Å²) in [4.78, 5) is 17.6. The zero-order valence-corrected chi connectivity index (χ0v) is 14.7. The predicted octanol–water partition coefficient (Wildman–Crippen LogP) is 2.85. The van der Waals surface area contributed by atoms with Gasteiger partial charge in [-0.15, -0.1) is 11.3 Å². The summed E-state index contributed by atoms with van der Waals surface area (Å²) in [7, 11) is 1.38. The molecule has 0 bridgehead atoms. The van der Waals surface area contributed by atoms with Crippen molar-refractivity contribution in [1.82, 2.24) is 4.98 Å². The molecular weight excluding hydrogens is 326 g/mol. The fraction of sp³-hybridized carbons (Fsp3) is 0.444. The molecule has 1 N–H and O–H groups in total. The van der Waals surface area contributed by atoms with Crippen molar-refractivity contribution in [2.75, 3.05) is 26.9 Å². The molecule has 1 saturated heterocycles. The zero-order valence-electron chi connectivity index (χ0n) is 13.9. The van der Waals surface area contributed by atoms with Crippen LogP contribution in [0.1, 0.15) is 27.2 Å². The van der Waals surface area contributed by atoms with E-state index < -0.39 is 0 Å². The van der Waals surface area contributed by atoms with Crippen LogP contribution >= 0.6 is 11.3 Å². The Kier molecular flexibility index (Phi) is 4.99. The Morgan fingerprint density at radius 1 is 1.46 bits per heavy atom. The summed E-state index contributed by atoms with van der Waals surface area (Å²) in [6.45, 7) is 3.28. The average molecular weight is 347 g/mol. The number of hydrogen-bond acceptors (Lipinski definition) is 6. The smallest absolute Gasteiger partial charge is 0.337 e. The molecule has 2 heterocycles. The fourth-order valence-electron chi connectivity index (χ4n) is 3.04. The number of methoxy groups -OCH3 is 1. The molecule has 1 atom stereocenters. The lowest BCUT2D eigenvalue weighted by molar-refractivity contribution is 0.0600. The minimum Gasteiger partial charge on any atom is -0.465 e. The molecule has 2 aromatic rings. The Morgan fingerprint density at radius 3 is 2.88 bits per heavy atom. The number of benzene rings is 1. The van der Waals surface area contributed by atoms with Crippen LogP contribution in [0.2, 0.25) is 0 Å². The molecule has 1 aromatic heterocycles. The molecule has 6 heteroatoms. The van der Waals surface area contributed by atoms with Crippen LogP contribution in [0.5, 0.6) is 0 Å². The maximum absolute atomic E-state index is 12.0. The highest BCUT2D eigenvalue weighted by molar-refractivity contribution is 7.14. The first-order valence-electron chi connectivity index (χ1n) is 7.89. The third-order valence-corrected chi connectivity index (χ3v) is 5.34. The third kappa shape index (κ3) is 3.50. The Hall–Kier alpha value is -1.76. The van der Waals surface area contributed by atoms with Gasteiger partial charge in [0, 0.05) is 28.7 Å². The van der Waals surface area contributed by atoms with E-state index in [1.165, 1.54) is 7.11 Å². The van der Waals surface area contributed by atoms with Crippen molar-refractivity contribution in [2.45, 2.75) is 19.8 Å². The number of carbonyl (C=O) groups excluding carboxylic acids is 1. The normalized spacial score (nSPS) is 20.3. The van der Waals surface area contributed by atoms with Gasteiger partial charge in [-0.3, -0.25) is 0 Å². The number of carbonyl (C=O) groups is 1. The monoisotopic (exact) mass is 347 g/mol. The second-order valence-corrected chi connectivity index (χ2v) is 7.56. The van der Waals surface area contributed by atoms with Crippen molar-refractivity contribution in [3.8, 4) is 10.6 Å². The van der Waals surface area contributed by atoms with Crippen molar-refractivity contribution < 1.29 is 19.4 Å². The Morgan fingerprint density at radius 2 is 2.29 bits per heavy atom. The number of hydrogen-bond donors (Lipinski definition) is 1. The van der Waals surface area contributed by atoms with E-state index in [1.54, 1.807) is 11.3 Å². The predicted molar refractivity (Wildman–Crippen MR) is 92.3 cm³/mol. The van der Waals surface area contributed by atoms with Gasteiger partial charge in [-0.05, 0) is 43.5 Å². The molecule has 0 spiro atoms. The van der Waals surface area contributed by atoms with E-state index in [0.717, 1.165) is 27.4 Å². The molecule has 1 aliphatic rings. The SMILES string of the molecule is COC(=O)c1cc(CC2(CO)CCOC2)cc(-c2ncc(C)s2)c1. The zero-order chi connectivity index (χ0) is 17.2. The van der Waals surface area contributed by atoms with Crippen LogP contribution in [0.3, 0.4) is 0 Å². The van der Waals surface area contributed by atoms with Crippen molar-refractivity contribution in [3.63, 3.8) is 0 Å². The minimum absolute atomic E-state index is 0.0706. The number of aliphatic hydroxyl groups excluding tert-OH is 1. The highest BCUT2D eigenvalue weighted by Gasteiger charge is 2.34. The first kappa shape index (κ1) is 17.1. The minimum atomic E-state index is -0.368. The van der Waals surface area contributed by atoms with Crippen LogP contribution in [0.25, 0.3) is 10.6 Å². The summed E-state index contributed by atoms with van der Waals surface area (Å²) in [5.41, 5.74) is 2.12. The highest BCUT2D eigenvalue weighted by Crippen LogP contribution is 2.34. The van der Waals surface area contributed by atoms with Crippen molar-refractivity contribution >= 4 is 17.3 Å². The van der Waals surface area contributed by atoms with Gasteiger partial charge in [0.15, 0.2) is 0 Å². The van der Waals surface area contributed by atoms with E-state index in [4.69, 9.17) is 9.47 Å². The van der Waals surface area contributed by atoms with Crippen molar-refractivity contribution in [3.05, 3.63) is 40.4 Å². The van der Waals surface area contributed by atoms with Gasteiger partial charge in [0.1, 0.15) is 5.01 Å². The first-order chi connectivity index (χ1) is 11.5. The average Bonchev–Trinajstić information content (AvgIpc) is 3.23. The van der Waals surface area contributed by atoms with Gasteiger partial charge >= 0.3 is 5.97 Å². The van der Waals surface area contributed by atoms with Gasteiger partial charge in [-0.1, -0.05) is 0 Å². The van der Waals surface area contributed by atoms with Crippen LogP contribution < -0.4 is 0 Å². The standard InChI is InChI=1S/C18H21NO4S/c1-12-9-19-16(24-12)14-5-13(6-15(7-14)17(21)22-2)8-18(10-20)3-4-23-11-18/h5-7,9,20H,3-4,8,10-11H2,1-2H3. The molecule has 0 saturated carbocycles. The number of rotatable bonds is 5. The van der Waals surface area contributed by atoms with Gasteiger partial charge < -0.3 is 14.6 Å². The van der Waals surface area contributed by atoms with E-state index >= 15 is 0 Å². The molecule has 1 aliphatic heterocycles.